The number of carbonyl (C=O) groups excluding carboxylic acids is 1. The largest absolute Gasteiger partial charge is 0.344 e. The van der Waals surface area contributed by atoms with Gasteiger partial charge in [-0.1, -0.05) is 18.2 Å². The Morgan fingerprint density at radius 3 is 3.00 bits per heavy atom. The van der Waals surface area contributed by atoms with E-state index in [-0.39, 0.29) is 12.5 Å². The first-order valence-electron chi connectivity index (χ1n) is 3.70. The molecule has 0 fully saturated rings. The highest BCUT2D eigenvalue weighted by Gasteiger charge is 2.09. The molecule has 0 bridgehead atoms. The van der Waals surface area contributed by atoms with E-state index in [0.29, 0.717) is 10.9 Å². The number of imidazole rings is 1. The summed E-state index contributed by atoms with van der Waals surface area (Å²) < 4.78 is 1.63. The summed E-state index contributed by atoms with van der Waals surface area (Å²) in [5.41, 5.74) is 0. The number of carbonyl (C=O) groups is 1. The van der Waals surface area contributed by atoms with Gasteiger partial charge >= 0.3 is 0 Å². The minimum atomic E-state index is -0.255. The average molecular weight is 200 g/mol. The molecule has 70 valence electrons. The summed E-state index contributed by atoms with van der Waals surface area (Å²) in [6, 6.07) is 0. The van der Waals surface area contributed by atoms with Crippen LogP contribution in [0.15, 0.2) is 24.0 Å². The maximum absolute atomic E-state index is 11.3. The summed E-state index contributed by atoms with van der Waals surface area (Å²) in [6.07, 6.45) is 3.26. The van der Waals surface area contributed by atoms with Crippen LogP contribution in [0.5, 0.6) is 0 Å². The highest BCUT2D eigenvalue weighted by Crippen LogP contribution is 1.96. The summed E-state index contributed by atoms with van der Waals surface area (Å²) in [7, 11) is 1.75. The van der Waals surface area contributed by atoms with Crippen molar-refractivity contribution in [1.29, 1.82) is 0 Å². The molecule has 0 aromatic carbocycles. The molecule has 0 aliphatic carbocycles. The van der Waals surface area contributed by atoms with Crippen LogP contribution in [0.25, 0.3) is 0 Å². The maximum atomic E-state index is 11.3. The molecule has 1 N–H and O–H groups in total. The molecule has 0 aliphatic heterocycles. The average Bonchev–Trinajstić information content (AvgIpc) is 2.47. The fourth-order valence-electron chi connectivity index (χ4n) is 0.840. The number of halogens is 1. The number of amides is 1. The first-order valence-corrected chi connectivity index (χ1v) is 4.08. The minimum Gasteiger partial charge on any atom is -0.344 e. The molecule has 4 nitrogen and oxygen atoms in total. The Kier molecular flexibility index (Phi) is 3.08. The van der Waals surface area contributed by atoms with Crippen molar-refractivity contribution >= 4 is 17.5 Å². The Balaban J connectivity index is 2.59. The van der Waals surface area contributed by atoms with Crippen molar-refractivity contribution < 1.29 is 4.79 Å². The van der Waals surface area contributed by atoms with Gasteiger partial charge in [0, 0.05) is 24.5 Å². The highest BCUT2D eigenvalue weighted by molar-refractivity contribution is 6.29. The Labute approximate surface area is 81.2 Å². The quantitative estimate of drug-likeness (QED) is 0.787. The number of aryl methyl sites for hydroxylation is 1. The van der Waals surface area contributed by atoms with Crippen LogP contribution in [0, 0.1) is 0 Å². The predicted octanol–water partition coefficient (Wildman–Crippen LogP) is 0.902. The second kappa shape index (κ2) is 4.09. The third kappa shape index (κ3) is 2.59. The third-order valence-corrected chi connectivity index (χ3v) is 1.60. The third-order valence-electron chi connectivity index (χ3n) is 1.47. The summed E-state index contributed by atoms with van der Waals surface area (Å²) in [6.45, 7) is 3.71. The molecule has 5 heteroatoms. The zero-order valence-electron chi connectivity index (χ0n) is 7.25. The second-order valence-corrected chi connectivity index (χ2v) is 3.10. The summed E-state index contributed by atoms with van der Waals surface area (Å²) in [4.78, 5) is 15.2. The van der Waals surface area contributed by atoms with Crippen molar-refractivity contribution in [3.05, 3.63) is 29.8 Å². The predicted molar refractivity (Wildman–Crippen MR) is 50.5 cm³/mol. The number of nitrogens with zero attached hydrogens (tertiary/aromatic N) is 2. The van der Waals surface area contributed by atoms with Crippen LogP contribution in [0.3, 0.4) is 0 Å². The molecule has 1 heterocycles. The maximum Gasteiger partial charge on any atom is 0.287 e. The van der Waals surface area contributed by atoms with Gasteiger partial charge in [-0.25, -0.2) is 4.98 Å². The van der Waals surface area contributed by atoms with E-state index in [1.54, 1.807) is 24.0 Å². The Morgan fingerprint density at radius 1 is 1.85 bits per heavy atom. The van der Waals surface area contributed by atoms with Gasteiger partial charge in [0.15, 0.2) is 5.82 Å². The lowest BCUT2D eigenvalue weighted by Crippen LogP contribution is -2.27. The summed E-state index contributed by atoms with van der Waals surface area (Å²) in [5, 5.41) is 2.96. The Morgan fingerprint density at radius 2 is 2.54 bits per heavy atom. The molecule has 0 saturated carbocycles. The fraction of sp³-hybridized carbons (Fsp3) is 0.250. The molecule has 1 rings (SSSR count). The highest BCUT2D eigenvalue weighted by atomic mass is 35.5. The zero-order chi connectivity index (χ0) is 9.84. The zero-order valence-corrected chi connectivity index (χ0v) is 8.01. The van der Waals surface area contributed by atoms with Gasteiger partial charge in [0.1, 0.15) is 0 Å². The molecule has 1 amide bonds. The van der Waals surface area contributed by atoms with Crippen LogP contribution in [-0.2, 0) is 7.05 Å². The van der Waals surface area contributed by atoms with Gasteiger partial charge in [0.25, 0.3) is 5.91 Å². The lowest BCUT2D eigenvalue weighted by molar-refractivity contribution is 0.0944. The van der Waals surface area contributed by atoms with E-state index in [9.17, 15) is 4.79 Å². The van der Waals surface area contributed by atoms with Gasteiger partial charge in [-0.3, -0.25) is 4.79 Å². The number of aromatic nitrogens is 2. The van der Waals surface area contributed by atoms with Crippen molar-refractivity contribution in [2.75, 3.05) is 6.54 Å². The van der Waals surface area contributed by atoms with Gasteiger partial charge in [-0.05, 0) is 0 Å². The SMILES string of the molecule is C=C(Cl)CNC(=O)c1nccn1C. The van der Waals surface area contributed by atoms with Crippen LogP contribution in [0.2, 0.25) is 0 Å². The van der Waals surface area contributed by atoms with Crippen molar-refractivity contribution in [2.24, 2.45) is 7.05 Å². The topological polar surface area (TPSA) is 46.9 Å². The van der Waals surface area contributed by atoms with E-state index < -0.39 is 0 Å². The van der Waals surface area contributed by atoms with Gasteiger partial charge in [-0.15, -0.1) is 0 Å². The van der Waals surface area contributed by atoms with E-state index in [1.165, 1.54) is 0 Å². The van der Waals surface area contributed by atoms with Crippen LogP contribution in [0.4, 0.5) is 0 Å². The van der Waals surface area contributed by atoms with Crippen LogP contribution in [-0.4, -0.2) is 22.0 Å². The normalized spacial score (nSPS) is 9.69. The van der Waals surface area contributed by atoms with E-state index in [4.69, 9.17) is 11.6 Å². The van der Waals surface area contributed by atoms with Gasteiger partial charge < -0.3 is 9.88 Å². The van der Waals surface area contributed by atoms with Crippen LogP contribution in [0.1, 0.15) is 10.6 Å². The molecular weight excluding hydrogens is 190 g/mol. The molecule has 1 aromatic heterocycles. The van der Waals surface area contributed by atoms with Gasteiger partial charge in [-0.2, -0.15) is 0 Å². The summed E-state index contributed by atoms with van der Waals surface area (Å²) in [5.74, 6) is 0.104. The number of rotatable bonds is 3. The van der Waals surface area contributed by atoms with Gasteiger partial charge in [0.2, 0.25) is 0 Å². The molecule has 0 aliphatic rings. The molecule has 0 saturated heterocycles. The molecule has 0 atom stereocenters. The molecule has 0 spiro atoms. The van der Waals surface area contributed by atoms with Gasteiger partial charge in [0.05, 0.1) is 6.54 Å². The first-order chi connectivity index (χ1) is 6.11. The minimum absolute atomic E-state index is 0.255. The van der Waals surface area contributed by atoms with Crippen molar-refractivity contribution in [3.63, 3.8) is 0 Å². The van der Waals surface area contributed by atoms with Crippen molar-refractivity contribution in [2.45, 2.75) is 0 Å². The number of hydrogen-bond donors (Lipinski definition) is 1. The molecule has 13 heavy (non-hydrogen) atoms. The lowest BCUT2D eigenvalue weighted by atomic mass is 10.5. The standard InChI is InChI=1S/C8H10ClN3O/c1-6(9)5-11-8(13)7-10-3-4-12(7)2/h3-4H,1,5H2,2H3,(H,11,13). The van der Waals surface area contributed by atoms with E-state index in [1.807, 2.05) is 0 Å². The van der Waals surface area contributed by atoms with E-state index in [0.717, 1.165) is 0 Å². The Bertz CT molecular complexity index is 332. The molecular formula is C8H10ClN3O. The van der Waals surface area contributed by atoms with E-state index in [2.05, 4.69) is 16.9 Å². The molecule has 0 radical (unpaired) electrons. The van der Waals surface area contributed by atoms with Crippen molar-refractivity contribution in [1.82, 2.24) is 14.9 Å². The van der Waals surface area contributed by atoms with Crippen LogP contribution >= 0.6 is 11.6 Å². The smallest absolute Gasteiger partial charge is 0.287 e. The Hall–Kier alpha value is -1.29. The summed E-state index contributed by atoms with van der Waals surface area (Å²) >= 11 is 5.49. The molecule has 0 unspecified atom stereocenters. The fourth-order valence-corrected chi connectivity index (χ4v) is 0.906. The number of nitrogens with one attached hydrogen (secondary N) is 1. The number of hydrogen-bond acceptors (Lipinski definition) is 2. The molecule has 1 aromatic rings. The van der Waals surface area contributed by atoms with Crippen molar-refractivity contribution in [3.8, 4) is 0 Å². The van der Waals surface area contributed by atoms with E-state index >= 15 is 0 Å². The second-order valence-electron chi connectivity index (χ2n) is 2.56. The van der Waals surface area contributed by atoms with Crippen LogP contribution < -0.4 is 5.32 Å². The first kappa shape index (κ1) is 9.80. The monoisotopic (exact) mass is 199 g/mol. The lowest BCUT2D eigenvalue weighted by Gasteiger charge is -2.02.